The molecule has 0 N–H and O–H groups in total. The van der Waals surface area contributed by atoms with Gasteiger partial charge < -0.3 is 9.80 Å². The molecule has 0 spiro atoms. The molecule has 4 rings (SSSR count). The fraction of sp³-hybridized carbons (Fsp3) is 0.333. The molecule has 0 atom stereocenters. The Kier molecular flexibility index (Phi) is 3.90. The molecule has 0 saturated carbocycles. The van der Waals surface area contributed by atoms with E-state index in [4.69, 9.17) is 0 Å². The predicted molar refractivity (Wildman–Crippen MR) is 92.7 cm³/mol. The van der Waals surface area contributed by atoms with Crippen LogP contribution in [0, 0.1) is 5.82 Å². The van der Waals surface area contributed by atoms with Crippen LogP contribution in [0.1, 0.15) is 6.42 Å². The van der Waals surface area contributed by atoms with E-state index in [1.165, 1.54) is 12.1 Å². The molecule has 3 aromatic rings. The molecule has 124 valence electrons. The molecule has 1 aromatic carbocycles. The number of hydrogen-bond acceptors (Lipinski definition) is 4. The van der Waals surface area contributed by atoms with Gasteiger partial charge in [-0.25, -0.2) is 13.9 Å². The molecule has 1 aliphatic heterocycles. The van der Waals surface area contributed by atoms with Crippen molar-refractivity contribution in [2.24, 2.45) is 0 Å². The van der Waals surface area contributed by atoms with E-state index in [2.05, 4.69) is 26.9 Å². The molecule has 1 fully saturated rings. The van der Waals surface area contributed by atoms with Gasteiger partial charge in [-0.05, 0) is 50.3 Å². The van der Waals surface area contributed by atoms with Crippen LogP contribution >= 0.6 is 0 Å². The summed E-state index contributed by atoms with van der Waals surface area (Å²) < 4.78 is 15.0. The highest BCUT2D eigenvalue weighted by Gasteiger charge is 2.17. The Hall–Kier alpha value is -2.47. The molecule has 0 bridgehead atoms. The van der Waals surface area contributed by atoms with Gasteiger partial charge in [0.15, 0.2) is 5.82 Å². The van der Waals surface area contributed by atoms with Crippen molar-refractivity contribution in [2.75, 3.05) is 38.1 Å². The first-order chi connectivity index (χ1) is 11.7. The van der Waals surface area contributed by atoms with Gasteiger partial charge in [0, 0.05) is 37.6 Å². The summed E-state index contributed by atoms with van der Waals surface area (Å²) in [5, 5.41) is 4.62. The average Bonchev–Trinajstić information content (AvgIpc) is 2.91. The number of hydrogen-bond donors (Lipinski definition) is 0. The first kappa shape index (κ1) is 15.1. The molecule has 3 heterocycles. The smallest absolute Gasteiger partial charge is 0.154 e. The Morgan fingerprint density at radius 2 is 1.88 bits per heavy atom. The van der Waals surface area contributed by atoms with Crippen LogP contribution in [0.25, 0.3) is 16.8 Å². The van der Waals surface area contributed by atoms with E-state index in [1.807, 2.05) is 16.8 Å². The summed E-state index contributed by atoms with van der Waals surface area (Å²) in [4.78, 5) is 9.28. The van der Waals surface area contributed by atoms with E-state index < -0.39 is 0 Å². The first-order valence-electron chi connectivity index (χ1n) is 8.24. The highest BCUT2D eigenvalue weighted by Crippen LogP contribution is 2.25. The molecule has 0 radical (unpaired) electrons. The highest BCUT2D eigenvalue weighted by atomic mass is 19.1. The summed E-state index contributed by atoms with van der Waals surface area (Å²) in [6.45, 7) is 4.09. The van der Waals surface area contributed by atoms with Crippen molar-refractivity contribution in [2.45, 2.75) is 6.42 Å². The average molecular weight is 325 g/mol. The zero-order chi connectivity index (χ0) is 16.5. The first-order valence-corrected chi connectivity index (χ1v) is 8.24. The van der Waals surface area contributed by atoms with Gasteiger partial charge >= 0.3 is 0 Å². The number of halogens is 1. The molecule has 0 aliphatic carbocycles. The largest absolute Gasteiger partial charge is 0.353 e. The van der Waals surface area contributed by atoms with Crippen molar-refractivity contribution in [3.63, 3.8) is 0 Å². The number of fused-ring (bicyclic) bond motifs is 1. The molecule has 5 nitrogen and oxygen atoms in total. The number of nitrogens with zero attached hydrogens (tertiary/aromatic N) is 5. The van der Waals surface area contributed by atoms with E-state index in [1.54, 1.807) is 18.3 Å². The normalized spacial score (nSPS) is 16.5. The van der Waals surface area contributed by atoms with Gasteiger partial charge in [0.1, 0.15) is 11.3 Å². The van der Waals surface area contributed by atoms with Gasteiger partial charge in [-0.3, -0.25) is 0 Å². The van der Waals surface area contributed by atoms with E-state index in [9.17, 15) is 4.39 Å². The van der Waals surface area contributed by atoms with Gasteiger partial charge in [0.2, 0.25) is 0 Å². The Balaban J connectivity index is 1.73. The van der Waals surface area contributed by atoms with Gasteiger partial charge in [-0.1, -0.05) is 0 Å². The summed E-state index contributed by atoms with van der Waals surface area (Å²) in [5.41, 5.74) is 2.72. The van der Waals surface area contributed by atoms with Crippen LogP contribution < -0.4 is 4.90 Å². The van der Waals surface area contributed by atoms with Gasteiger partial charge in [-0.15, -0.1) is 0 Å². The molecule has 2 aromatic heterocycles. The Morgan fingerprint density at radius 3 is 2.71 bits per heavy atom. The quantitative estimate of drug-likeness (QED) is 0.726. The third-order valence-electron chi connectivity index (χ3n) is 4.53. The highest BCUT2D eigenvalue weighted by molar-refractivity contribution is 5.75. The zero-order valence-electron chi connectivity index (χ0n) is 13.7. The van der Waals surface area contributed by atoms with E-state index in [-0.39, 0.29) is 5.82 Å². The fourth-order valence-electron chi connectivity index (χ4n) is 3.17. The van der Waals surface area contributed by atoms with Crippen molar-refractivity contribution in [3.05, 3.63) is 48.5 Å². The molecule has 1 aliphatic rings. The number of likely N-dealkylation sites (N-methyl/N-ethyl adjacent to an activating group) is 1. The van der Waals surface area contributed by atoms with Crippen LogP contribution in [0.15, 0.2) is 42.7 Å². The molecule has 24 heavy (non-hydrogen) atoms. The maximum Gasteiger partial charge on any atom is 0.154 e. The Labute approximate surface area is 140 Å². The Bertz CT molecular complexity index is 842. The lowest BCUT2D eigenvalue weighted by Crippen LogP contribution is -2.29. The second kappa shape index (κ2) is 6.20. The van der Waals surface area contributed by atoms with Crippen LogP contribution in [-0.4, -0.2) is 52.7 Å². The third-order valence-corrected chi connectivity index (χ3v) is 4.53. The van der Waals surface area contributed by atoms with Crippen molar-refractivity contribution in [1.29, 1.82) is 0 Å². The number of benzene rings is 1. The lowest BCUT2D eigenvalue weighted by molar-refractivity contribution is 0.360. The molecular formula is C18H20FN5. The molecule has 1 saturated heterocycles. The number of rotatable bonds is 2. The van der Waals surface area contributed by atoms with Crippen molar-refractivity contribution >= 4 is 11.3 Å². The lowest BCUT2D eigenvalue weighted by atomic mass is 10.1. The number of aromatic nitrogens is 3. The van der Waals surface area contributed by atoms with Crippen LogP contribution in [0.2, 0.25) is 0 Å². The van der Waals surface area contributed by atoms with Gasteiger partial charge in [-0.2, -0.15) is 5.10 Å². The van der Waals surface area contributed by atoms with E-state index >= 15 is 0 Å². The zero-order valence-corrected chi connectivity index (χ0v) is 13.7. The van der Waals surface area contributed by atoms with Gasteiger partial charge in [0.05, 0.1) is 5.69 Å². The van der Waals surface area contributed by atoms with Crippen LogP contribution in [-0.2, 0) is 0 Å². The van der Waals surface area contributed by atoms with Crippen LogP contribution in [0.4, 0.5) is 10.2 Å². The van der Waals surface area contributed by atoms with E-state index in [0.717, 1.165) is 55.2 Å². The Morgan fingerprint density at radius 1 is 1.04 bits per heavy atom. The standard InChI is InChI=1S/C18H20FN5/c1-22-8-2-9-23(12-11-22)18-17-13-16(21-24(17)10-7-20-18)14-3-5-15(19)6-4-14/h3-7,10,13H,2,8-9,11-12H2,1H3. The summed E-state index contributed by atoms with van der Waals surface area (Å²) in [7, 11) is 2.16. The SMILES string of the molecule is CN1CCCN(c2nccn3nc(-c4ccc(F)cc4)cc23)CC1. The summed E-state index contributed by atoms with van der Waals surface area (Å²) in [6, 6.07) is 8.46. The summed E-state index contributed by atoms with van der Waals surface area (Å²) >= 11 is 0. The lowest BCUT2D eigenvalue weighted by Gasteiger charge is -2.22. The second-order valence-corrected chi connectivity index (χ2v) is 6.26. The topological polar surface area (TPSA) is 36.7 Å². The molecule has 0 amide bonds. The number of anilines is 1. The molecular weight excluding hydrogens is 305 g/mol. The third kappa shape index (κ3) is 2.85. The minimum Gasteiger partial charge on any atom is -0.353 e. The van der Waals surface area contributed by atoms with Crippen molar-refractivity contribution in [3.8, 4) is 11.3 Å². The second-order valence-electron chi connectivity index (χ2n) is 6.26. The van der Waals surface area contributed by atoms with Crippen molar-refractivity contribution < 1.29 is 4.39 Å². The maximum atomic E-state index is 13.1. The van der Waals surface area contributed by atoms with Crippen LogP contribution in [0.5, 0.6) is 0 Å². The predicted octanol–water partition coefficient (Wildman–Crippen LogP) is 2.68. The molecule has 0 unspecified atom stereocenters. The minimum absolute atomic E-state index is 0.237. The van der Waals surface area contributed by atoms with Crippen LogP contribution in [0.3, 0.4) is 0 Å². The van der Waals surface area contributed by atoms with Gasteiger partial charge in [0.25, 0.3) is 0 Å². The summed E-state index contributed by atoms with van der Waals surface area (Å²) in [5.74, 6) is 0.729. The fourth-order valence-corrected chi connectivity index (χ4v) is 3.17. The summed E-state index contributed by atoms with van der Waals surface area (Å²) in [6.07, 6.45) is 4.77. The van der Waals surface area contributed by atoms with E-state index in [0.29, 0.717) is 0 Å². The minimum atomic E-state index is -0.237. The van der Waals surface area contributed by atoms with Crippen molar-refractivity contribution in [1.82, 2.24) is 19.5 Å². The molecule has 6 heteroatoms. The monoisotopic (exact) mass is 325 g/mol. The maximum absolute atomic E-state index is 13.1.